The van der Waals surface area contributed by atoms with Gasteiger partial charge in [-0.3, -0.25) is 0 Å². The fourth-order valence-corrected chi connectivity index (χ4v) is 3.27. The molecule has 0 aromatic heterocycles. The molecule has 0 aromatic carbocycles. The maximum absolute atomic E-state index is 12.4. The lowest BCUT2D eigenvalue weighted by molar-refractivity contribution is -0.147. The largest absolute Gasteiger partial charge is 0.458 e. The lowest BCUT2D eigenvalue weighted by atomic mass is 9.85. The Kier molecular flexibility index (Phi) is 6.94. The van der Waals surface area contributed by atoms with E-state index in [0.29, 0.717) is 6.42 Å². The summed E-state index contributed by atoms with van der Waals surface area (Å²) in [6, 6.07) is 0. The molecule has 142 valence electrons. The second-order valence-electron chi connectivity index (χ2n) is 6.74. The zero-order valence-electron chi connectivity index (χ0n) is 15.2. The maximum Gasteiger partial charge on any atom is 0.336 e. The molecule has 0 amide bonds. The maximum atomic E-state index is 12.4. The van der Waals surface area contributed by atoms with Crippen LogP contribution in [0.2, 0.25) is 0 Å². The third kappa shape index (κ3) is 4.71. The molecule has 6 heteroatoms. The minimum absolute atomic E-state index is 0.0228. The summed E-state index contributed by atoms with van der Waals surface area (Å²) in [6.45, 7) is 6.85. The van der Waals surface area contributed by atoms with Crippen molar-refractivity contribution in [3.63, 3.8) is 0 Å². The van der Waals surface area contributed by atoms with Gasteiger partial charge in [-0.25, -0.2) is 9.59 Å². The number of aliphatic hydroxyl groups is 2. The highest BCUT2D eigenvalue weighted by Gasteiger charge is 2.44. The van der Waals surface area contributed by atoms with Crippen molar-refractivity contribution < 1.29 is 29.3 Å². The lowest BCUT2D eigenvalue weighted by Gasteiger charge is -2.27. The molecule has 2 aliphatic rings. The van der Waals surface area contributed by atoms with Crippen LogP contribution in [0.5, 0.6) is 0 Å². The van der Waals surface area contributed by atoms with Gasteiger partial charge in [0.2, 0.25) is 0 Å². The molecule has 1 aliphatic carbocycles. The Morgan fingerprint density at radius 3 is 2.77 bits per heavy atom. The number of esters is 2. The number of carbonyl (C=O) groups is 2. The number of hydrogen-bond donors (Lipinski definition) is 2. The Hall–Kier alpha value is -2.18. The lowest BCUT2D eigenvalue weighted by Crippen LogP contribution is -2.34. The first-order valence-electron chi connectivity index (χ1n) is 8.71. The van der Waals surface area contributed by atoms with Crippen molar-refractivity contribution in [2.75, 3.05) is 13.2 Å². The summed E-state index contributed by atoms with van der Waals surface area (Å²) in [5.41, 5.74) is 2.39. The molecular formula is C20H26O6. The van der Waals surface area contributed by atoms with Crippen molar-refractivity contribution in [1.29, 1.82) is 0 Å². The molecule has 1 aliphatic heterocycles. The van der Waals surface area contributed by atoms with E-state index >= 15 is 0 Å². The van der Waals surface area contributed by atoms with Crippen LogP contribution in [-0.2, 0) is 19.1 Å². The Bertz CT molecular complexity index is 670. The monoisotopic (exact) mass is 362 g/mol. The minimum atomic E-state index is -0.719. The standard InChI is InChI=1S/C20H26O6/c1-12-5-4-6-13(2)10-17(26-20(24)15(11-22)7-8-21)18-14(3)19(23)25-16(18)9-12/h6-7,9,16-18,21-22H,3-5,8,10-11H2,1-2H3/b12-9+,13-6+,15-7-/t16-,17+,18+/m1/s1. The molecule has 1 heterocycles. The molecule has 0 aromatic rings. The molecule has 3 atom stereocenters. The first-order chi connectivity index (χ1) is 12.4. The van der Waals surface area contributed by atoms with Crippen LogP contribution in [0.15, 0.2) is 47.1 Å². The van der Waals surface area contributed by atoms with E-state index in [1.165, 1.54) is 6.08 Å². The number of allylic oxidation sites excluding steroid dienone is 2. The molecule has 6 nitrogen and oxygen atoms in total. The number of fused-ring (bicyclic) bond motifs is 1. The first kappa shape index (κ1) is 20.1. The van der Waals surface area contributed by atoms with Crippen LogP contribution >= 0.6 is 0 Å². The normalized spacial score (nSPS) is 31.2. The van der Waals surface area contributed by atoms with E-state index in [2.05, 4.69) is 12.7 Å². The third-order valence-electron chi connectivity index (χ3n) is 4.69. The predicted octanol–water partition coefficient (Wildman–Crippen LogP) is 1.98. The van der Waals surface area contributed by atoms with Crippen molar-refractivity contribution in [1.82, 2.24) is 0 Å². The van der Waals surface area contributed by atoms with Gasteiger partial charge < -0.3 is 19.7 Å². The molecule has 1 fully saturated rings. The Labute approximate surface area is 153 Å². The van der Waals surface area contributed by atoms with E-state index < -0.39 is 36.7 Å². The molecule has 26 heavy (non-hydrogen) atoms. The highest BCUT2D eigenvalue weighted by molar-refractivity contribution is 5.92. The van der Waals surface area contributed by atoms with Gasteiger partial charge in [0.05, 0.1) is 24.7 Å². The summed E-state index contributed by atoms with van der Waals surface area (Å²) in [5, 5.41) is 18.3. The highest BCUT2D eigenvalue weighted by atomic mass is 16.6. The molecule has 0 radical (unpaired) electrons. The molecule has 0 bridgehead atoms. The van der Waals surface area contributed by atoms with E-state index in [1.807, 2.05) is 19.9 Å². The zero-order chi connectivity index (χ0) is 19.3. The number of ether oxygens (including phenoxy) is 2. The van der Waals surface area contributed by atoms with Gasteiger partial charge in [-0.05, 0) is 38.8 Å². The third-order valence-corrected chi connectivity index (χ3v) is 4.69. The number of hydrogen-bond acceptors (Lipinski definition) is 6. The summed E-state index contributed by atoms with van der Waals surface area (Å²) < 4.78 is 11.1. The molecule has 0 saturated carbocycles. The van der Waals surface area contributed by atoms with Gasteiger partial charge in [0, 0.05) is 12.0 Å². The van der Waals surface area contributed by atoms with Gasteiger partial charge in [-0.15, -0.1) is 0 Å². The van der Waals surface area contributed by atoms with Crippen molar-refractivity contribution in [2.24, 2.45) is 5.92 Å². The van der Waals surface area contributed by atoms with Gasteiger partial charge in [-0.2, -0.15) is 0 Å². The Balaban J connectivity index is 2.36. The van der Waals surface area contributed by atoms with Crippen LogP contribution in [-0.4, -0.2) is 47.6 Å². The second-order valence-corrected chi connectivity index (χ2v) is 6.74. The smallest absolute Gasteiger partial charge is 0.336 e. The van der Waals surface area contributed by atoms with E-state index in [-0.39, 0.29) is 17.8 Å². The first-order valence-corrected chi connectivity index (χ1v) is 8.71. The fourth-order valence-electron chi connectivity index (χ4n) is 3.27. The summed E-state index contributed by atoms with van der Waals surface area (Å²) in [5.74, 6) is -1.70. The predicted molar refractivity (Wildman–Crippen MR) is 96.0 cm³/mol. The molecule has 0 spiro atoms. The zero-order valence-corrected chi connectivity index (χ0v) is 15.2. The van der Waals surface area contributed by atoms with Crippen molar-refractivity contribution in [2.45, 2.75) is 45.3 Å². The Morgan fingerprint density at radius 1 is 1.38 bits per heavy atom. The van der Waals surface area contributed by atoms with E-state index in [9.17, 15) is 14.7 Å². The topological polar surface area (TPSA) is 93.1 Å². The molecule has 2 rings (SSSR count). The van der Waals surface area contributed by atoms with Crippen molar-refractivity contribution in [3.8, 4) is 0 Å². The average molecular weight is 362 g/mol. The van der Waals surface area contributed by atoms with E-state index in [4.69, 9.17) is 14.6 Å². The van der Waals surface area contributed by atoms with Gasteiger partial charge >= 0.3 is 11.9 Å². The van der Waals surface area contributed by atoms with Crippen molar-refractivity contribution >= 4 is 11.9 Å². The second kappa shape index (κ2) is 8.96. The summed E-state index contributed by atoms with van der Waals surface area (Å²) in [7, 11) is 0. The van der Waals surface area contributed by atoms with Crippen LogP contribution in [0.25, 0.3) is 0 Å². The molecule has 0 unspecified atom stereocenters. The van der Waals surface area contributed by atoms with Crippen LogP contribution in [0.1, 0.15) is 33.1 Å². The highest BCUT2D eigenvalue weighted by Crippen LogP contribution is 2.36. The number of rotatable bonds is 4. The van der Waals surface area contributed by atoms with Gasteiger partial charge in [0.1, 0.15) is 12.2 Å². The fraction of sp³-hybridized carbons (Fsp3) is 0.500. The molecular weight excluding hydrogens is 336 g/mol. The minimum Gasteiger partial charge on any atom is -0.458 e. The molecule has 2 N–H and O–H groups in total. The van der Waals surface area contributed by atoms with E-state index in [0.717, 1.165) is 24.0 Å². The Morgan fingerprint density at radius 2 is 2.12 bits per heavy atom. The van der Waals surface area contributed by atoms with Gasteiger partial charge in [-0.1, -0.05) is 23.8 Å². The summed E-state index contributed by atoms with van der Waals surface area (Å²) >= 11 is 0. The van der Waals surface area contributed by atoms with Crippen molar-refractivity contribution in [3.05, 3.63) is 47.1 Å². The van der Waals surface area contributed by atoms with E-state index in [1.54, 1.807) is 0 Å². The van der Waals surface area contributed by atoms with Crippen LogP contribution < -0.4 is 0 Å². The van der Waals surface area contributed by atoms with Crippen LogP contribution in [0.4, 0.5) is 0 Å². The van der Waals surface area contributed by atoms with Gasteiger partial charge in [0.25, 0.3) is 0 Å². The average Bonchev–Trinajstić information content (AvgIpc) is 2.85. The van der Waals surface area contributed by atoms with Crippen LogP contribution in [0.3, 0.4) is 0 Å². The SMILES string of the molecule is C=C1C(=O)O[C@@H]2/C=C(\C)CC/C=C(\C)C[C@H](OC(=O)/C(=C\CO)CO)[C@@H]12. The quantitative estimate of drug-likeness (QED) is 0.451. The van der Waals surface area contributed by atoms with Gasteiger partial charge in [0.15, 0.2) is 0 Å². The number of carbonyl (C=O) groups excluding carboxylic acids is 2. The number of aliphatic hydroxyl groups excluding tert-OH is 2. The van der Waals surface area contributed by atoms with Crippen LogP contribution in [0, 0.1) is 5.92 Å². The summed E-state index contributed by atoms with van der Waals surface area (Å²) in [6.07, 6.45) is 6.17. The summed E-state index contributed by atoms with van der Waals surface area (Å²) in [4.78, 5) is 24.4. The molecule has 1 saturated heterocycles.